The van der Waals surface area contributed by atoms with E-state index >= 15 is 0 Å². The van der Waals surface area contributed by atoms with Crippen molar-refractivity contribution in [3.05, 3.63) is 59.9 Å². The molecule has 0 fully saturated rings. The molecule has 5 nitrogen and oxygen atoms in total. The van der Waals surface area contributed by atoms with Gasteiger partial charge in [0.15, 0.2) is 0 Å². The van der Waals surface area contributed by atoms with Crippen molar-refractivity contribution in [2.45, 2.75) is 19.8 Å². The largest absolute Gasteiger partial charge is 0.494 e. The number of carbonyl (C=O) groups excluding carboxylic acids is 1. The van der Waals surface area contributed by atoms with Crippen LogP contribution in [0, 0.1) is 0 Å². The third kappa shape index (κ3) is 3.88. The fraction of sp³-hybridized carbons (Fsp3) is 0.200. The predicted octanol–water partition coefficient (Wildman–Crippen LogP) is 3.77. The second-order valence-electron chi connectivity index (χ2n) is 5.79. The molecule has 0 atom stereocenters. The van der Waals surface area contributed by atoms with Crippen LogP contribution in [0.15, 0.2) is 48.8 Å². The molecule has 0 spiro atoms. The Morgan fingerprint density at radius 2 is 2.08 bits per heavy atom. The van der Waals surface area contributed by atoms with Crippen LogP contribution in [0.3, 0.4) is 0 Å². The maximum Gasteiger partial charge on any atom is 0.249 e. The molecule has 25 heavy (non-hydrogen) atoms. The number of aromatic nitrogens is 2. The number of hydrogen-bond donors (Lipinski definition) is 2. The molecule has 128 valence electrons. The van der Waals surface area contributed by atoms with Gasteiger partial charge in [-0.2, -0.15) is 0 Å². The molecule has 2 heterocycles. The number of hydrogen-bond acceptors (Lipinski definition) is 3. The van der Waals surface area contributed by atoms with Gasteiger partial charge in [0, 0.05) is 28.9 Å². The summed E-state index contributed by atoms with van der Waals surface area (Å²) < 4.78 is 5.66. The molecule has 2 aromatic heterocycles. The topological polar surface area (TPSA) is 81.0 Å². The van der Waals surface area contributed by atoms with Crippen molar-refractivity contribution in [1.82, 2.24) is 9.97 Å². The van der Waals surface area contributed by atoms with E-state index in [-0.39, 0.29) is 0 Å². The minimum atomic E-state index is -0.474. The molecule has 0 saturated heterocycles. The molecule has 0 aliphatic rings. The van der Waals surface area contributed by atoms with Crippen molar-refractivity contribution < 1.29 is 9.53 Å². The summed E-state index contributed by atoms with van der Waals surface area (Å²) in [7, 11) is 0. The molecule has 0 aliphatic heterocycles. The van der Waals surface area contributed by atoms with Gasteiger partial charge in [-0.25, -0.2) is 4.98 Å². The smallest absolute Gasteiger partial charge is 0.249 e. The van der Waals surface area contributed by atoms with Crippen LogP contribution in [0.1, 0.15) is 30.9 Å². The van der Waals surface area contributed by atoms with Crippen LogP contribution in [0.25, 0.3) is 22.7 Å². The quantitative estimate of drug-likeness (QED) is 0.509. The number of pyridine rings is 1. The molecule has 1 aromatic carbocycles. The molecule has 3 N–H and O–H groups in total. The molecule has 0 saturated carbocycles. The maximum absolute atomic E-state index is 12.0. The van der Waals surface area contributed by atoms with Crippen LogP contribution in [0.4, 0.5) is 0 Å². The van der Waals surface area contributed by atoms with Gasteiger partial charge >= 0.3 is 0 Å². The summed E-state index contributed by atoms with van der Waals surface area (Å²) in [5, 5.41) is 0.945. The lowest BCUT2D eigenvalue weighted by molar-refractivity contribution is -0.112. The first kappa shape index (κ1) is 16.8. The minimum absolute atomic E-state index is 0.449. The monoisotopic (exact) mass is 335 g/mol. The van der Waals surface area contributed by atoms with Gasteiger partial charge in [0.05, 0.1) is 6.61 Å². The van der Waals surface area contributed by atoms with E-state index in [9.17, 15) is 4.79 Å². The van der Waals surface area contributed by atoms with Gasteiger partial charge in [-0.15, -0.1) is 0 Å². The zero-order valence-electron chi connectivity index (χ0n) is 14.2. The van der Waals surface area contributed by atoms with Gasteiger partial charge in [-0.3, -0.25) is 4.79 Å². The highest BCUT2D eigenvalue weighted by atomic mass is 16.5. The van der Waals surface area contributed by atoms with Gasteiger partial charge < -0.3 is 15.5 Å². The number of primary amides is 1. The molecular weight excluding hydrogens is 314 g/mol. The highest BCUT2D eigenvalue weighted by Crippen LogP contribution is 2.24. The van der Waals surface area contributed by atoms with E-state index in [1.54, 1.807) is 12.3 Å². The third-order valence-corrected chi connectivity index (χ3v) is 3.98. The Balaban J connectivity index is 1.89. The van der Waals surface area contributed by atoms with Crippen LogP contribution in [0.2, 0.25) is 0 Å². The van der Waals surface area contributed by atoms with Crippen molar-refractivity contribution in [2.75, 3.05) is 6.61 Å². The standard InChI is InChI=1S/C20H21N3O2/c1-2-3-11-25-16-8-6-14(7-9-16)18(19(21)24)12-15-13-23-20-17(15)5-4-10-22-20/h4-10,12-13H,2-3,11H2,1H3,(H2,21,24)(H,22,23)/b18-12-. The zero-order chi connectivity index (χ0) is 17.6. The highest BCUT2D eigenvalue weighted by molar-refractivity contribution is 6.24. The van der Waals surface area contributed by atoms with Gasteiger partial charge in [0.1, 0.15) is 11.4 Å². The summed E-state index contributed by atoms with van der Waals surface area (Å²) in [6.07, 6.45) is 7.44. The summed E-state index contributed by atoms with van der Waals surface area (Å²) in [5.41, 5.74) is 8.46. The fourth-order valence-corrected chi connectivity index (χ4v) is 2.61. The van der Waals surface area contributed by atoms with E-state index < -0.39 is 5.91 Å². The number of carbonyl (C=O) groups is 1. The number of aromatic amines is 1. The average molecular weight is 335 g/mol. The summed E-state index contributed by atoms with van der Waals surface area (Å²) in [6.45, 7) is 2.81. The van der Waals surface area contributed by atoms with Crippen molar-refractivity contribution >= 4 is 28.6 Å². The Bertz CT molecular complexity index is 895. The number of nitrogens with two attached hydrogens (primary N) is 1. The van der Waals surface area contributed by atoms with E-state index in [4.69, 9.17) is 10.5 Å². The second kappa shape index (κ2) is 7.66. The number of benzene rings is 1. The van der Waals surface area contributed by atoms with Crippen molar-refractivity contribution in [3.63, 3.8) is 0 Å². The molecule has 0 bridgehead atoms. The Kier molecular flexibility index (Phi) is 5.14. The Morgan fingerprint density at radius 1 is 1.28 bits per heavy atom. The number of H-pyrrole nitrogens is 1. The minimum Gasteiger partial charge on any atom is -0.494 e. The van der Waals surface area contributed by atoms with Crippen molar-refractivity contribution in [2.24, 2.45) is 5.73 Å². The number of unbranched alkanes of at least 4 members (excludes halogenated alkanes) is 1. The first-order valence-corrected chi connectivity index (χ1v) is 8.36. The number of ether oxygens (including phenoxy) is 1. The van der Waals surface area contributed by atoms with E-state index in [0.717, 1.165) is 40.8 Å². The number of nitrogens with zero attached hydrogens (tertiary/aromatic N) is 1. The molecule has 0 unspecified atom stereocenters. The number of amides is 1. The lowest BCUT2D eigenvalue weighted by Crippen LogP contribution is -2.12. The van der Waals surface area contributed by atoms with E-state index in [1.807, 2.05) is 42.6 Å². The molecule has 5 heteroatoms. The Labute approximate surface area is 146 Å². The van der Waals surface area contributed by atoms with Gasteiger partial charge in [0.2, 0.25) is 5.91 Å². The van der Waals surface area contributed by atoms with Crippen molar-refractivity contribution in [1.29, 1.82) is 0 Å². The first-order chi connectivity index (χ1) is 12.2. The molecule has 1 amide bonds. The van der Waals surface area contributed by atoms with Crippen LogP contribution in [-0.2, 0) is 4.79 Å². The summed E-state index contributed by atoms with van der Waals surface area (Å²) >= 11 is 0. The molecular formula is C20H21N3O2. The molecule has 0 aliphatic carbocycles. The molecule has 3 aromatic rings. The lowest BCUT2D eigenvalue weighted by atomic mass is 10.0. The summed E-state index contributed by atoms with van der Waals surface area (Å²) in [4.78, 5) is 19.3. The van der Waals surface area contributed by atoms with Gasteiger partial charge in [-0.1, -0.05) is 25.5 Å². The lowest BCUT2D eigenvalue weighted by Gasteiger charge is -2.08. The summed E-state index contributed by atoms with van der Waals surface area (Å²) in [5.74, 6) is 0.315. The van der Waals surface area contributed by atoms with Crippen LogP contribution in [0.5, 0.6) is 5.75 Å². The van der Waals surface area contributed by atoms with Crippen LogP contribution in [-0.4, -0.2) is 22.5 Å². The van der Waals surface area contributed by atoms with E-state index in [1.165, 1.54) is 0 Å². The Hall–Kier alpha value is -3.08. The van der Waals surface area contributed by atoms with Crippen LogP contribution < -0.4 is 10.5 Å². The summed E-state index contributed by atoms with van der Waals surface area (Å²) in [6, 6.07) is 11.2. The number of rotatable bonds is 7. The highest BCUT2D eigenvalue weighted by Gasteiger charge is 2.11. The maximum atomic E-state index is 12.0. The average Bonchev–Trinajstić information content (AvgIpc) is 3.03. The third-order valence-electron chi connectivity index (χ3n) is 3.98. The van der Waals surface area contributed by atoms with Crippen LogP contribution >= 0.6 is 0 Å². The van der Waals surface area contributed by atoms with E-state index in [0.29, 0.717) is 12.2 Å². The Morgan fingerprint density at radius 3 is 2.80 bits per heavy atom. The predicted molar refractivity (Wildman–Crippen MR) is 100 cm³/mol. The second-order valence-corrected chi connectivity index (χ2v) is 5.79. The molecule has 0 radical (unpaired) electrons. The number of fused-ring (bicyclic) bond motifs is 1. The SMILES string of the molecule is CCCCOc1ccc(/C(=C/c2c[nH]c3ncccc23)C(N)=O)cc1. The first-order valence-electron chi connectivity index (χ1n) is 8.36. The van der Waals surface area contributed by atoms with Gasteiger partial charge in [0.25, 0.3) is 0 Å². The number of nitrogens with one attached hydrogen (secondary N) is 1. The van der Waals surface area contributed by atoms with E-state index in [2.05, 4.69) is 16.9 Å². The van der Waals surface area contributed by atoms with Gasteiger partial charge in [-0.05, 0) is 42.3 Å². The zero-order valence-corrected chi connectivity index (χ0v) is 14.2. The van der Waals surface area contributed by atoms with Crippen molar-refractivity contribution in [3.8, 4) is 5.75 Å². The molecule has 3 rings (SSSR count). The normalized spacial score (nSPS) is 11.6. The fourth-order valence-electron chi connectivity index (χ4n) is 2.61.